The Kier molecular flexibility index (Phi) is 11.3. The lowest BCUT2D eigenvalue weighted by Gasteiger charge is -2.25. The highest BCUT2D eigenvalue weighted by molar-refractivity contribution is 5.95. The van der Waals surface area contributed by atoms with Crippen LogP contribution in [0.5, 0.6) is 0 Å². The van der Waals surface area contributed by atoms with E-state index in [4.69, 9.17) is 4.42 Å². The average molecular weight is 470 g/mol. The van der Waals surface area contributed by atoms with Gasteiger partial charge in [0.1, 0.15) is 11.3 Å². The topological polar surface area (TPSA) is 65.8 Å². The lowest BCUT2D eigenvalue weighted by Crippen LogP contribution is -2.39. The molecule has 0 aliphatic carbocycles. The van der Waals surface area contributed by atoms with Gasteiger partial charge >= 0.3 is 5.63 Å². The predicted molar refractivity (Wildman–Crippen MR) is 129 cm³/mol. The zero-order chi connectivity index (χ0) is 20.8. The Bertz CT molecular complexity index is 881. The second kappa shape index (κ2) is 12.9. The molecule has 2 aromatic rings. The van der Waals surface area contributed by atoms with E-state index in [-0.39, 0.29) is 42.2 Å². The number of benzene rings is 1. The first kappa shape index (κ1) is 27.2. The lowest BCUT2D eigenvalue weighted by atomic mass is 9.94. The fourth-order valence-corrected chi connectivity index (χ4v) is 3.73. The minimum Gasteiger partial charge on any atom is -0.427 e. The summed E-state index contributed by atoms with van der Waals surface area (Å²) >= 11 is 0. The summed E-state index contributed by atoms with van der Waals surface area (Å²) in [6.07, 6.45) is 1.89. The fraction of sp³-hybridized carbons (Fsp3) is 0.478. The van der Waals surface area contributed by atoms with E-state index in [0.29, 0.717) is 24.4 Å². The van der Waals surface area contributed by atoms with Gasteiger partial charge in [0.05, 0.1) is 0 Å². The van der Waals surface area contributed by atoms with Crippen molar-refractivity contribution in [2.24, 2.45) is 0 Å². The highest BCUT2D eigenvalue weighted by Gasteiger charge is 2.25. The van der Waals surface area contributed by atoms with Gasteiger partial charge in [-0.1, -0.05) is 30.3 Å². The highest BCUT2D eigenvalue weighted by Crippen LogP contribution is 2.25. The Morgan fingerprint density at radius 1 is 1.10 bits per heavy atom. The largest absolute Gasteiger partial charge is 0.427 e. The lowest BCUT2D eigenvalue weighted by molar-refractivity contribution is 0.0725. The van der Waals surface area contributed by atoms with E-state index in [1.165, 1.54) is 0 Å². The van der Waals surface area contributed by atoms with Gasteiger partial charge in [-0.25, -0.2) is 4.79 Å². The van der Waals surface area contributed by atoms with Crippen molar-refractivity contribution in [2.75, 3.05) is 40.3 Å². The zero-order valence-corrected chi connectivity index (χ0v) is 20.1. The van der Waals surface area contributed by atoms with Gasteiger partial charge in [-0.05, 0) is 64.1 Å². The zero-order valence-electron chi connectivity index (χ0n) is 18.4. The van der Waals surface area contributed by atoms with Crippen molar-refractivity contribution < 1.29 is 9.21 Å². The molecule has 31 heavy (non-hydrogen) atoms. The molecule has 1 fully saturated rings. The third-order valence-corrected chi connectivity index (χ3v) is 5.44. The molecule has 6 nitrogen and oxygen atoms in total. The fourth-order valence-electron chi connectivity index (χ4n) is 3.73. The number of halogens is 2. The van der Waals surface area contributed by atoms with Crippen LogP contribution >= 0.6 is 24.8 Å². The molecule has 0 radical (unpaired) electrons. The number of nitrogens with zero attached hydrogens (tertiary/aromatic N) is 2. The molecule has 1 aromatic carbocycles. The second-order valence-electron chi connectivity index (χ2n) is 8.03. The Labute approximate surface area is 196 Å². The molecule has 0 unspecified atom stereocenters. The third kappa shape index (κ3) is 7.35. The molecule has 1 aliphatic rings. The van der Waals surface area contributed by atoms with E-state index in [1.54, 1.807) is 4.90 Å². The van der Waals surface area contributed by atoms with Gasteiger partial charge in [0.15, 0.2) is 0 Å². The van der Waals surface area contributed by atoms with E-state index in [2.05, 4.69) is 5.32 Å². The van der Waals surface area contributed by atoms with Crippen molar-refractivity contribution in [3.8, 4) is 0 Å². The van der Waals surface area contributed by atoms with Crippen LogP contribution < -0.4 is 10.9 Å². The van der Waals surface area contributed by atoms with Gasteiger partial charge in [0.2, 0.25) is 0 Å². The molecule has 1 aromatic heterocycles. The average Bonchev–Trinajstić information content (AvgIpc) is 2.71. The Balaban J connectivity index is 0.00000240. The predicted octanol–water partition coefficient (Wildman–Crippen LogP) is 3.46. The van der Waals surface area contributed by atoms with Gasteiger partial charge < -0.3 is 19.5 Å². The van der Waals surface area contributed by atoms with E-state index < -0.39 is 5.63 Å². The molecule has 0 saturated carbocycles. The van der Waals surface area contributed by atoms with Crippen molar-refractivity contribution in [2.45, 2.75) is 32.2 Å². The summed E-state index contributed by atoms with van der Waals surface area (Å²) in [5.41, 5.74) is 1.36. The highest BCUT2D eigenvalue weighted by atomic mass is 35.5. The molecule has 8 heteroatoms. The van der Waals surface area contributed by atoms with Crippen molar-refractivity contribution in [3.63, 3.8) is 0 Å². The Hall–Kier alpha value is -1.86. The quantitative estimate of drug-likeness (QED) is 0.672. The van der Waals surface area contributed by atoms with Crippen LogP contribution in [-0.2, 0) is 6.54 Å². The molecule has 1 aliphatic heterocycles. The smallest absolute Gasteiger partial charge is 0.349 e. The summed E-state index contributed by atoms with van der Waals surface area (Å²) in [5.74, 6) is 0.674. The van der Waals surface area contributed by atoms with Crippen molar-refractivity contribution in [1.29, 1.82) is 0 Å². The number of piperidine rings is 1. The molecule has 3 rings (SSSR count). The van der Waals surface area contributed by atoms with Crippen LogP contribution in [0.25, 0.3) is 0 Å². The number of hydrogen-bond donors (Lipinski definition) is 1. The maximum absolute atomic E-state index is 13.3. The van der Waals surface area contributed by atoms with Gasteiger partial charge in [-0.2, -0.15) is 0 Å². The van der Waals surface area contributed by atoms with Crippen molar-refractivity contribution in [3.05, 3.63) is 69.3 Å². The Morgan fingerprint density at radius 2 is 1.74 bits per heavy atom. The number of aryl methyl sites for hydroxylation is 1. The number of amides is 1. The van der Waals surface area contributed by atoms with Crippen LogP contribution in [0.2, 0.25) is 0 Å². The summed E-state index contributed by atoms with van der Waals surface area (Å²) in [5, 5.41) is 3.32. The summed E-state index contributed by atoms with van der Waals surface area (Å²) in [6.45, 7) is 5.39. The monoisotopic (exact) mass is 469 g/mol. The SMILES string of the molecule is Cc1cc(C2CCNCC2)oc(=O)c1C(=O)N(CCN(C)C)Cc1ccccc1.Cl.Cl. The molecule has 172 valence electrons. The number of nitrogens with one attached hydrogen (secondary N) is 1. The standard InChI is InChI=1S/C23H31N3O3.2ClH/c1-17-15-20(19-9-11-24-12-10-19)29-23(28)21(17)22(27)26(14-13-25(2)3)16-18-7-5-4-6-8-18;;/h4-8,15,19,24H,9-14,16H2,1-3H3;2*1H. The van der Waals surface area contributed by atoms with E-state index in [1.807, 2.05) is 62.3 Å². The second-order valence-corrected chi connectivity index (χ2v) is 8.03. The van der Waals surface area contributed by atoms with Crippen LogP contribution in [0.3, 0.4) is 0 Å². The van der Waals surface area contributed by atoms with E-state index >= 15 is 0 Å². The number of carbonyl (C=O) groups is 1. The molecule has 1 N–H and O–H groups in total. The summed E-state index contributed by atoms with van der Waals surface area (Å²) in [4.78, 5) is 29.9. The van der Waals surface area contributed by atoms with Crippen LogP contribution in [0.4, 0.5) is 0 Å². The summed E-state index contributed by atoms with van der Waals surface area (Å²) in [7, 11) is 3.94. The van der Waals surface area contributed by atoms with E-state index in [0.717, 1.165) is 38.0 Å². The first-order valence-electron chi connectivity index (χ1n) is 10.3. The van der Waals surface area contributed by atoms with Gasteiger partial charge in [-0.3, -0.25) is 4.79 Å². The molecule has 1 amide bonds. The molecular weight excluding hydrogens is 437 g/mol. The molecule has 1 saturated heterocycles. The molecule has 0 atom stereocenters. The van der Waals surface area contributed by atoms with Crippen LogP contribution in [0, 0.1) is 6.92 Å². The minimum absolute atomic E-state index is 0. The van der Waals surface area contributed by atoms with Crippen LogP contribution in [0.1, 0.15) is 46.0 Å². The summed E-state index contributed by atoms with van der Waals surface area (Å²) < 4.78 is 5.63. The van der Waals surface area contributed by atoms with Gasteiger partial charge in [-0.15, -0.1) is 24.8 Å². The van der Waals surface area contributed by atoms with Gasteiger partial charge in [0.25, 0.3) is 5.91 Å². The Morgan fingerprint density at radius 3 is 2.32 bits per heavy atom. The first-order valence-corrected chi connectivity index (χ1v) is 10.3. The molecule has 0 bridgehead atoms. The van der Waals surface area contributed by atoms with Crippen LogP contribution in [-0.4, -0.2) is 56.0 Å². The normalized spacial score (nSPS) is 13.9. The van der Waals surface area contributed by atoms with Crippen LogP contribution in [0.15, 0.2) is 45.6 Å². The minimum atomic E-state index is -0.522. The molecular formula is C23H33Cl2N3O3. The maximum Gasteiger partial charge on any atom is 0.349 e. The molecule has 2 heterocycles. The van der Waals surface area contributed by atoms with Gasteiger partial charge in [0, 0.05) is 25.6 Å². The van der Waals surface area contributed by atoms with Crippen molar-refractivity contribution >= 4 is 30.7 Å². The maximum atomic E-state index is 13.3. The number of carbonyl (C=O) groups excluding carboxylic acids is 1. The third-order valence-electron chi connectivity index (χ3n) is 5.44. The number of hydrogen-bond acceptors (Lipinski definition) is 5. The van der Waals surface area contributed by atoms with E-state index in [9.17, 15) is 9.59 Å². The molecule has 0 spiro atoms. The number of likely N-dealkylation sites (N-methyl/N-ethyl adjacent to an activating group) is 1. The first-order chi connectivity index (χ1) is 14.0. The number of rotatable bonds is 7. The van der Waals surface area contributed by atoms with Crippen molar-refractivity contribution in [1.82, 2.24) is 15.1 Å². The summed E-state index contributed by atoms with van der Waals surface area (Å²) in [6, 6.07) is 11.7.